The van der Waals surface area contributed by atoms with Crippen molar-refractivity contribution >= 4 is 34.5 Å². The molecule has 0 radical (unpaired) electrons. The van der Waals surface area contributed by atoms with Gasteiger partial charge in [0.2, 0.25) is 5.91 Å². The number of hydrogen-bond acceptors (Lipinski definition) is 8. The third-order valence-electron chi connectivity index (χ3n) is 5.60. The Bertz CT molecular complexity index is 1540. The molecule has 12 heteroatoms. The number of nitriles is 1. The van der Waals surface area contributed by atoms with Crippen molar-refractivity contribution in [1.82, 2.24) is 24.9 Å². The van der Waals surface area contributed by atoms with Gasteiger partial charge in [-0.25, -0.2) is 13.9 Å². The van der Waals surface area contributed by atoms with Gasteiger partial charge < -0.3 is 21.1 Å². The van der Waals surface area contributed by atoms with E-state index in [1.54, 1.807) is 40.9 Å². The Balaban J connectivity index is 1.69. The Hall–Kier alpha value is -4.89. The fourth-order valence-corrected chi connectivity index (χ4v) is 3.54. The molecule has 0 saturated carbocycles. The van der Waals surface area contributed by atoms with E-state index in [0.29, 0.717) is 39.7 Å². The number of anilines is 3. The fourth-order valence-electron chi connectivity index (χ4n) is 3.54. The Morgan fingerprint density at radius 1 is 1.16 bits per heavy atom. The summed E-state index contributed by atoms with van der Waals surface area (Å²) in [7, 11) is 0. The third-order valence-corrected chi connectivity index (χ3v) is 5.60. The lowest BCUT2D eigenvalue weighted by molar-refractivity contribution is -0.114. The van der Waals surface area contributed by atoms with Gasteiger partial charge in [-0.3, -0.25) is 14.6 Å². The molecule has 1 unspecified atom stereocenters. The predicted molar refractivity (Wildman–Crippen MR) is 138 cm³/mol. The molecule has 2 amide bonds. The van der Waals surface area contributed by atoms with Gasteiger partial charge in [0.1, 0.15) is 18.1 Å². The van der Waals surface area contributed by atoms with Gasteiger partial charge in [-0.15, -0.1) is 0 Å². The summed E-state index contributed by atoms with van der Waals surface area (Å²) in [6.07, 6.45) is 2.59. The molecule has 0 aliphatic heterocycles. The third kappa shape index (κ3) is 5.91. The summed E-state index contributed by atoms with van der Waals surface area (Å²) in [4.78, 5) is 32.9. The normalized spacial score (nSPS) is 12.0. The number of amides is 2. The monoisotopic (exact) mass is 516 g/mol. The zero-order valence-corrected chi connectivity index (χ0v) is 20.9. The lowest BCUT2D eigenvalue weighted by Gasteiger charge is -2.22. The summed E-state index contributed by atoms with van der Waals surface area (Å²) in [5, 5.41) is 31.5. The fraction of sp³-hybridized carbons (Fsp3) is 0.231. The van der Waals surface area contributed by atoms with Crippen molar-refractivity contribution in [2.75, 3.05) is 17.2 Å². The number of aromatic nitrogens is 4. The predicted octanol–water partition coefficient (Wildman–Crippen LogP) is 3.20. The van der Waals surface area contributed by atoms with Gasteiger partial charge in [0.15, 0.2) is 0 Å². The largest absolute Gasteiger partial charge is 0.387 e. The number of fused-ring (bicyclic) bond motifs is 1. The minimum absolute atomic E-state index is 0.128. The van der Waals surface area contributed by atoms with Crippen LogP contribution >= 0.6 is 0 Å². The van der Waals surface area contributed by atoms with E-state index < -0.39 is 24.2 Å². The van der Waals surface area contributed by atoms with Gasteiger partial charge in [-0.05, 0) is 50.2 Å². The Labute approximate surface area is 217 Å². The summed E-state index contributed by atoms with van der Waals surface area (Å²) in [5.41, 5.74) is 1.57. The van der Waals surface area contributed by atoms with E-state index in [-0.39, 0.29) is 11.5 Å². The number of halogens is 1. The number of alkyl halides is 1. The number of pyridine rings is 2. The van der Waals surface area contributed by atoms with Crippen LogP contribution in [0.2, 0.25) is 0 Å². The highest BCUT2D eigenvalue weighted by Crippen LogP contribution is 2.28. The molecule has 194 valence electrons. The molecule has 4 aromatic heterocycles. The molecule has 0 aliphatic rings. The maximum atomic E-state index is 14.2. The van der Waals surface area contributed by atoms with Crippen LogP contribution in [-0.2, 0) is 4.79 Å². The van der Waals surface area contributed by atoms with Gasteiger partial charge in [0, 0.05) is 13.1 Å². The van der Waals surface area contributed by atoms with Crippen LogP contribution < -0.4 is 16.0 Å². The standard InChI is InChI=1S/C26H25FN8O3/c1-15(36)33-24-7-4-17(12-30-24)34-20-9-21(22-6-5-18-8-16(10-28)11-32-35(18)22)29-13-19(20)25(37)31-14-23(27)26(2,3)38/h4-9,11-13,23,38H,14H2,1-3H3,(H,29,34)(H,31,37)(H,30,33,36). The summed E-state index contributed by atoms with van der Waals surface area (Å²) >= 11 is 0. The maximum Gasteiger partial charge on any atom is 0.255 e. The second kappa shape index (κ2) is 10.6. The molecule has 38 heavy (non-hydrogen) atoms. The van der Waals surface area contributed by atoms with Crippen LogP contribution in [0.3, 0.4) is 0 Å². The highest BCUT2D eigenvalue weighted by atomic mass is 19.1. The Kier molecular flexibility index (Phi) is 7.31. The first-order valence-corrected chi connectivity index (χ1v) is 11.6. The average Bonchev–Trinajstić information content (AvgIpc) is 3.30. The minimum atomic E-state index is -1.68. The second-order valence-electron chi connectivity index (χ2n) is 9.10. The number of hydrogen-bond donors (Lipinski definition) is 4. The van der Waals surface area contributed by atoms with Crippen molar-refractivity contribution in [1.29, 1.82) is 5.26 Å². The Morgan fingerprint density at radius 2 is 1.95 bits per heavy atom. The molecule has 0 bridgehead atoms. The second-order valence-corrected chi connectivity index (χ2v) is 9.10. The SMILES string of the molecule is CC(=O)Nc1ccc(Nc2cc(-c3ccc4cc(C#N)cnn34)ncc2C(=O)NCC(F)C(C)(C)O)cn1. The minimum Gasteiger partial charge on any atom is -0.387 e. The van der Waals surface area contributed by atoms with Crippen LogP contribution in [0.25, 0.3) is 16.9 Å². The van der Waals surface area contributed by atoms with E-state index in [1.807, 2.05) is 0 Å². The van der Waals surface area contributed by atoms with Crippen molar-refractivity contribution in [3.05, 3.63) is 66.1 Å². The van der Waals surface area contributed by atoms with Crippen LogP contribution in [-0.4, -0.2) is 54.8 Å². The molecule has 4 N–H and O–H groups in total. The van der Waals surface area contributed by atoms with Gasteiger partial charge in [-0.1, -0.05) is 0 Å². The van der Waals surface area contributed by atoms with Crippen molar-refractivity contribution in [2.24, 2.45) is 0 Å². The van der Waals surface area contributed by atoms with Crippen LogP contribution in [0, 0.1) is 11.3 Å². The average molecular weight is 517 g/mol. The quantitative estimate of drug-likeness (QED) is 0.278. The molecule has 0 fully saturated rings. The van der Waals surface area contributed by atoms with E-state index in [1.165, 1.54) is 39.4 Å². The number of carbonyl (C=O) groups is 2. The molecule has 0 saturated heterocycles. The number of nitrogens with zero attached hydrogens (tertiary/aromatic N) is 5. The number of carbonyl (C=O) groups excluding carboxylic acids is 2. The van der Waals surface area contributed by atoms with Crippen molar-refractivity contribution in [3.8, 4) is 17.5 Å². The molecule has 0 aliphatic carbocycles. The summed E-state index contributed by atoms with van der Waals surface area (Å²) < 4.78 is 15.9. The first-order valence-electron chi connectivity index (χ1n) is 11.6. The van der Waals surface area contributed by atoms with E-state index in [9.17, 15) is 19.1 Å². The molecule has 11 nitrogen and oxygen atoms in total. The van der Waals surface area contributed by atoms with Crippen LogP contribution in [0.5, 0.6) is 0 Å². The number of aliphatic hydroxyl groups is 1. The molecule has 0 aromatic carbocycles. The topological polar surface area (TPSA) is 157 Å². The Morgan fingerprint density at radius 3 is 2.61 bits per heavy atom. The highest BCUT2D eigenvalue weighted by molar-refractivity contribution is 6.00. The van der Waals surface area contributed by atoms with E-state index in [4.69, 9.17) is 5.26 Å². The van der Waals surface area contributed by atoms with Crippen LogP contribution in [0.15, 0.2) is 55.0 Å². The zero-order chi connectivity index (χ0) is 27.4. The van der Waals surface area contributed by atoms with Crippen molar-refractivity contribution < 1.29 is 19.1 Å². The molecule has 0 spiro atoms. The number of rotatable bonds is 8. The molecule has 4 aromatic rings. The van der Waals surface area contributed by atoms with Crippen molar-refractivity contribution in [2.45, 2.75) is 32.5 Å². The van der Waals surface area contributed by atoms with Gasteiger partial charge in [0.05, 0.1) is 63.9 Å². The summed E-state index contributed by atoms with van der Waals surface area (Å²) in [6, 6.07) is 12.2. The van der Waals surface area contributed by atoms with Crippen molar-refractivity contribution in [3.63, 3.8) is 0 Å². The lowest BCUT2D eigenvalue weighted by atomic mass is 10.0. The van der Waals surface area contributed by atoms with E-state index in [0.717, 1.165) is 0 Å². The van der Waals surface area contributed by atoms with Gasteiger partial charge >= 0.3 is 0 Å². The molecular formula is C26H25FN8O3. The lowest BCUT2D eigenvalue weighted by Crippen LogP contribution is -2.42. The summed E-state index contributed by atoms with van der Waals surface area (Å²) in [5.74, 6) is -0.499. The molecule has 4 rings (SSSR count). The zero-order valence-electron chi connectivity index (χ0n) is 20.9. The molecule has 4 heterocycles. The highest BCUT2D eigenvalue weighted by Gasteiger charge is 2.27. The summed E-state index contributed by atoms with van der Waals surface area (Å²) in [6.45, 7) is 3.61. The van der Waals surface area contributed by atoms with Crippen LogP contribution in [0.1, 0.15) is 36.7 Å². The molecule has 1 atom stereocenters. The first kappa shape index (κ1) is 26.2. The van der Waals surface area contributed by atoms with Gasteiger partial charge in [0.25, 0.3) is 5.91 Å². The van der Waals surface area contributed by atoms with E-state index in [2.05, 4.69) is 37.1 Å². The van der Waals surface area contributed by atoms with Crippen LogP contribution in [0.4, 0.5) is 21.6 Å². The number of nitrogens with one attached hydrogen (secondary N) is 3. The maximum absolute atomic E-state index is 14.2. The first-order chi connectivity index (χ1) is 18.0. The van der Waals surface area contributed by atoms with Gasteiger partial charge in [-0.2, -0.15) is 10.4 Å². The smallest absolute Gasteiger partial charge is 0.255 e. The molecular weight excluding hydrogens is 491 g/mol. The van der Waals surface area contributed by atoms with E-state index >= 15 is 0 Å².